The number of carbonyl (C=O) groups excluding carboxylic acids is 1. The molecule has 5 heteroatoms. The van der Waals surface area contributed by atoms with Crippen LogP contribution in [-0.2, 0) is 14.0 Å². The number of hydrogen-bond acceptors (Lipinski definition) is 3. The van der Waals surface area contributed by atoms with Crippen LogP contribution in [0.1, 0.15) is 41.5 Å². The maximum absolute atomic E-state index is 13.8. The van der Waals surface area contributed by atoms with Gasteiger partial charge in [-0.25, -0.2) is 4.79 Å². The average molecular weight is 290 g/mol. The number of halogens is 1. The maximum Gasteiger partial charge on any atom is 0.367 e. The predicted octanol–water partition coefficient (Wildman–Crippen LogP) is 4.20. The first kappa shape index (κ1) is 18.3. The van der Waals surface area contributed by atoms with Crippen LogP contribution in [0.25, 0.3) is 0 Å². The number of carbonyl (C=O) groups is 1. The summed E-state index contributed by atoms with van der Waals surface area (Å²) in [5, 5.41) is 0.0436. The first-order chi connectivity index (χ1) is 8.44. The third-order valence-electron chi connectivity index (χ3n) is 3.69. The van der Waals surface area contributed by atoms with Gasteiger partial charge in [-0.2, -0.15) is 4.39 Å². The minimum Gasteiger partial charge on any atom is -0.461 e. The molecule has 0 rings (SSSR count). The third kappa shape index (κ3) is 5.07. The Hall–Kier alpha value is -0.683. The standard InChI is InChI=1S/C14H27FO3Si/c1-9-17-13(16)12(15)10(2)11(3)18-19(7,8)14(4,5)6/h11H,9H2,1-8H3/b12-10+. The second-order valence-corrected chi connectivity index (χ2v) is 11.0. The fourth-order valence-corrected chi connectivity index (χ4v) is 2.66. The van der Waals surface area contributed by atoms with E-state index < -0.39 is 26.2 Å². The quantitative estimate of drug-likeness (QED) is 0.432. The molecule has 112 valence electrons. The van der Waals surface area contributed by atoms with Crippen molar-refractivity contribution < 1.29 is 18.3 Å². The zero-order chi connectivity index (χ0) is 15.4. The molecule has 0 N–H and O–H groups in total. The van der Waals surface area contributed by atoms with Gasteiger partial charge in [0.15, 0.2) is 8.32 Å². The van der Waals surface area contributed by atoms with E-state index in [0.29, 0.717) is 5.57 Å². The van der Waals surface area contributed by atoms with Gasteiger partial charge in [-0.1, -0.05) is 20.8 Å². The molecule has 0 bridgehead atoms. The Kier molecular flexibility index (Phi) is 6.42. The minimum atomic E-state index is -1.98. The van der Waals surface area contributed by atoms with Gasteiger partial charge >= 0.3 is 5.97 Å². The molecule has 0 saturated heterocycles. The van der Waals surface area contributed by atoms with Gasteiger partial charge in [0, 0.05) is 0 Å². The second-order valence-electron chi connectivity index (χ2n) is 6.24. The summed E-state index contributed by atoms with van der Waals surface area (Å²) < 4.78 is 24.5. The Bertz CT molecular complexity index is 356. The molecule has 3 nitrogen and oxygen atoms in total. The highest BCUT2D eigenvalue weighted by atomic mass is 28.4. The van der Waals surface area contributed by atoms with Crippen LogP contribution in [0.2, 0.25) is 18.1 Å². The van der Waals surface area contributed by atoms with Crippen molar-refractivity contribution in [2.45, 2.75) is 65.8 Å². The van der Waals surface area contributed by atoms with Gasteiger partial charge < -0.3 is 9.16 Å². The topological polar surface area (TPSA) is 35.5 Å². The number of esters is 1. The van der Waals surface area contributed by atoms with Gasteiger partial charge in [0.25, 0.3) is 0 Å². The van der Waals surface area contributed by atoms with Crippen molar-refractivity contribution in [2.24, 2.45) is 0 Å². The molecule has 0 aromatic heterocycles. The smallest absolute Gasteiger partial charge is 0.367 e. The van der Waals surface area contributed by atoms with Crippen LogP contribution in [0.15, 0.2) is 11.4 Å². The van der Waals surface area contributed by atoms with Gasteiger partial charge in [-0.15, -0.1) is 0 Å². The summed E-state index contributed by atoms with van der Waals surface area (Å²) in [6.45, 7) is 15.7. The van der Waals surface area contributed by atoms with E-state index in [2.05, 4.69) is 38.6 Å². The normalized spacial score (nSPS) is 15.8. The van der Waals surface area contributed by atoms with E-state index in [9.17, 15) is 9.18 Å². The van der Waals surface area contributed by atoms with Crippen LogP contribution in [-0.4, -0.2) is 27.0 Å². The Balaban J connectivity index is 4.98. The summed E-state index contributed by atoms with van der Waals surface area (Å²) >= 11 is 0. The molecular weight excluding hydrogens is 263 g/mol. The molecule has 0 heterocycles. The summed E-state index contributed by atoms with van der Waals surface area (Å²) in [7, 11) is -1.98. The van der Waals surface area contributed by atoms with Crippen molar-refractivity contribution in [3.05, 3.63) is 11.4 Å². The lowest BCUT2D eigenvalue weighted by atomic mass is 10.2. The molecule has 0 spiro atoms. The molecule has 0 aliphatic rings. The summed E-state index contributed by atoms with van der Waals surface area (Å²) in [6.07, 6.45) is -0.426. The summed E-state index contributed by atoms with van der Waals surface area (Å²) in [4.78, 5) is 11.4. The summed E-state index contributed by atoms with van der Waals surface area (Å²) in [6, 6.07) is 0. The van der Waals surface area contributed by atoms with Crippen molar-refractivity contribution in [3.8, 4) is 0 Å². The summed E-state index contributed by atoms with van der Waals surface area (Å²) in [5.41, 5.74) is 0.295. The SMILES string of the molecule is CCOC(=O)/C(F)=C(/C)C(C)O[Si](C)(C)C(C)(C)C. The fourth-order valence-electron chi connectivity index (χ4n) is 1.24. The predicted molar refractivity (Wildman–Crippen MR) is 78.2 cm³/mol. The highest BCUT2D eigenvalue weighted by Gasteiger charge is 2.39. The van der Waals surface area contributed by atoms with Crippen LogP contribution < -0.4 is 0 Å². The number of rotatable bonds is 5. The monoisotopic (exact) mass is 290 g/mol. The van der Waals surface area contributed by atoms with Crippen LogP contribution in [0.3, 0.4) is 0 Å². The van der Waals surface area contributed by atoms with E-state index in [-0.39, 0.29) is 11.6 Å². The van der Waals surface area contributed by atoms with Crippen molar-refractivity contribution in [1.29, 1.82) is 0 Å². The first-order valence-electron chi connectivity index (χ1n) is 6.65. The maximum atomic E-state index is 13.8. The molecule has 0 aliphatic heterocycles. The molecular formula is C14H27FO3Si. The van der Waals surface area contributed by atoms with Crippen molar-refractivity contribution in [2.75, 3.05) is 6.61 Å². The Morgan fingerprint density at radius 2 is 1.79 bits per heavy atom. The largest absolute Gasteiger partial charge is 0.461 e. The third-order valence-corrected chi connectivity index (χ3v) is 8.24. The molecule has 0 amide bonds. The molecule has 1 atom stereocenters. The molecule has 1 unspecified atom stereocenters. The zero-order valence-corrected chi connectivity index (χ0v) is 14.4. The van der Waals surface area contributed by atoms with Crippen LogP contribution in [0, 0.1) is 0 Å². The summed E-state index contributed by atoms with van der Waals surface area (Å²) in [5.74, 6) is -1.75. The highest BCUT2D eigenvalue weighted by molar-refractivity contribution is 6.74. The fraction of sp³-hybridized carbons (Fsp3) is 0.786. The highest BCUT2D eigenvalue weighted by Crippen LogP contribution is 2.38. The van der Waals surface area contributed by atoms with E-state index in [1.165, 1.54) is 0 Å². The van der Waals surface area contributed by atoms with E-state index in [1.807, 2.05) is 0 Å². The van der Waals surface area contributed by atoms with E-state index in [0.717, 1.165) is 0 Å². The van der Waals surface area contributed by atoms with Gasteiger partial charge in [-0.3, -0.25) is 0 Å². The van der Waals surface area contributed by atoms with Gasteiger partial charge in [-0.05, 0) is 44.5 Å². The van der Waals surface area contributed by atoms with Gasteiger partial charge in [0.2, 0.25) is 5.83 Å². The Morgan fingerprint density at radius 1 is 1.32 bits per heavy atom. The molecule has 0 aromatic rings. The second kappa shape index (κ2) is 6.66. The molecule has 0 fully saturated rings. The van der Waals surface area contributed by atoms with Gasteiger partial charge in [0.05, 0.1) is 12.7 Å². The van der Waals surface area contributed by atoms with E-state index >= 15 is 0 Å². The molecule has 0 aliphatic carbocycles. The van der Waals surface area contributed by atoms with E-state index in [1.54, 1.807) is 20.8 Å². The molecule has 0 aromatic carbocycles. The Morgan fingerprint density at radius 3 is 2.16 bits per heavy atom. The minimum absolute atomic E-state index is 0.0436. The number of ether oxygens (including phenoxy) is 1. The van der Waals surface area contributed by atoms with Crippen molar-refractivity contribution in [3.63, 3.8) is 0 Å². The molecule has 0 radical (unpaired) electrons. The number of hydrogen-bond donors (Lipinski definition) is 0. The van der Waals surface area contributed by atoms with Gasteiger partial charge in [0.1, 0.15) is 0 Å². The zero-order valence-electron chi connectivity index (χ0n) is 13.4. The van der Waals surface area contributed by atoms with Crippen LogP contribution in [0.5, 0.6) is 0 Å². The lowest BCUT2D eigenvalue weighted by molar-refractivity contribution is -0.140. The lowest BCUT2D eigenvalue weighted by Gasteiger charge is -2.38. The molecule has 0 saturated carbocycles. The molecule has 19 heavy (non-hydrogen) atoms. The van der Waals surface area contributed by atoms with Crippen molar-refractivity contribution in [1.82, 2.24) is 0 Å². The van der Waals surface area contributed by atoms with Crippen molar-refractivity contribution >= 4 is 14.3 Å². The Labute approximate surface area is 117 Å². The van der Waals surface area contributed by atoms with Crippen LogP contribution >= 0.6 is 0 Å². The van der Waals surface area contributed by atoms with E-state index in [4.69, 9.17) is 4.43 Å². The first-order valence-corrected chi connectivity index (χ1v) is 9.56. The average Bonchev–Trinajstić information content (AvgIpc) is 2.25. The van der Waals surface area contributed by atoms with Crippen LogP contribution in [0.4, 0.5) is 4.39 Å². The lowest BCUT2D eigenvalue weighted by Crippen LogP contribution is -2.43.